The van der Waals surface area contributed by atoms with Crippen molar-refractivity contribution in [3.63, 3.8) is 0 Å². The molecule has 1 amide bonds. The third kappa shape index (κ3) is 3.05. The summed E-state index contributed by atoms with van der Waals surface area (Å²) in [5, 5.41) is 2.15. The molecule has 2 aliphatic rings. The summed E-state index contributed by atoms with van der Waals surface area (Å²) >= 11 is 3.42. The van der Waals surface area contributed by atoms with E-state index in [1.807, 2.05) is 23.1 Å². The monoisotopic (exact) mass is 347 g/mol. The zero-order chi connectivity index (χ0) is 15.6. The van der Waals surface area contributed by atoms with Crippen molar-refractivity contribution in [3.05, 3.63) is 46.2 Å². The van der Waals surface area contributed by atoms with Gasteiger partial charge in [-0.15, -0.1) is 23.1 Å². The van der Waals surface area contributed by atoms with Crippen LogP contribution in [0.25, 0.3) is 0 Å². The molecule has 1 aromatic heterocycles. The molecule has 0 aliphatic carbocycles. The lowest BCUT2D eigenvalue weighted by Gasteiger charge is -2.26. The highest BCUT2D eigenvalue weighted by Gasteiger charge is 2.33. The third-order valence-corrected chi connectivity index (χ3v) is 6.19. The summed E-state index contributed by atoms with van der Waals surface area (Å²) in [5.41, 5.74) is 1.11. The van der Waals surface area contributed by atoms with Crippen LogP contribution in [0, 0.1) is 0 Å². The molecule has 0 radical (unpaired) electrons. The quantitative estimate of drug-likeness (QED) is 0.850. The molecule has 23 heavy (non-hydrogen) atoms. The second kappa shape index (κ2) is 6.45. The van der Waals surface area contributed by atoms with Gasteiger partial charge in [0.15, 0.2) is 11.5 Å². The van der Waals surface area contributed by atoms with Gasteiger partial charge in [-0.25, -0.2) is 0 Å². The Kier molecular flexibility index (Phi) is 4.18. The van der Waals surface area contributed by atoms with Crippen molar-refractivity contribution in [2.75, 3.05) is 25.5 Å². The lowest BCUT2D eigenvalue weighted by molar-refractivity contribution is -0.128. The minimum atomic E-state index is 0.0679. The molecule has 4 rings (SSSR count). The van der Waals surface area contributed by atoms with E-state index < -0.39 is 0 Å². The Labute approximate surface area is 143 Å². The Hall–Kier alpha value is -1.66. The molecule has 0 saturated carbocycles. The summed E-state index contributed by atoms with van der Waals surface area (Å²) in [6.07, 6.45) is 0.908. The van der Waals surface area contributed by atoms with Crippen LogP contribution < -0.4 is 9.47 Å². The van der Waals surface area contributed by atoms with Crippen LogP contribution in [0.5, 0.6) is 11.5 Å². The molecule has 2 aliphatic heterocycles. The predicted octanol–water partition coefficient (Wildman–Crippen LogP) is 3.34. The number of thiophene rings is 1. The lowest BCUT2D eigenvalue weighted by atomic mass is 10.1. The van der Waals surface area contributed by atoms with E-state index in [9.17, 15) is 4.79 Å². The highest BCUT2D eigenvalue weighted by Crippen LogP contribution is 2.42. The molecule has 0 bridgehead atoms. The van der Waals surface area contributed by atoms with Crippen molar-refractivity contribution in [3.8, 4) is 11.5 Å². The van der Waals surface area contributed by atoms with Crippen LogP contribution in [0.15, 0.2) is 35.7 Å². The third-order valence-electron chi connectivity index (χ3n) is 4.00. The number of fused-ring (bicyclic) bond motifs is 1. The molecule has 1 aromatic carbocycles. The number of hydrogen-bond acceptors (Lipinski definition) is 5. The second-order valence-corrected chi connectivity index (χ2v) is 7.58. The van der Waals surface area contributed by atoms with Crippen molar-refractivity contribution in [2.24, 2.45) is 0 Å². The maximum atomic E-state index is 12.3. The molecule has 0 spiro atoms. The second-order valence-electron chi connectivity index (χ2n) is 5.48. The first kappa shape index (κ1) is 14.9. The minimum Gasteiger partial charge on any atom is -0.486 e. The Morgan fingerprint density at radius 1 is 1.17 bits per heavy atom. The van der Waals surface area contributed by atoms with E-state index >= 15 is 0 Å². The first-order valence-corrected chi connectivity index (χ1v) is 9.57. The molecule has 6 heteroatoms. The highest BCUT2D eigenvalue weighted by atomic mass is 32.2. The van der Waals surface area contributed by atoms with Crippen LogP contribution in [0.1, 0.15) is 15.8 Å². The Morgan fingerprint density at radius 3 is 2.87 bits per heavy atom. The number of rotatable bonds is 4. The number of hydrogen-bond donors (Lipinski definition) is 0. The van der Waals surface area contributed by atoms with Gasteiger partial charge >= 0.3 is 0 Å². The van der Waals surface area contributed by atoms with Gasteiger partial charge in [0.1, 0.15) is 18.6 Å². The summed E-state index contributed by atoms with van der Waals surface area (Å²) in [6.45, 7) is 1.93. The summed E-state index contributed by atoms with van der Waals surface area (Å²) in [7, 11) is 0. The molecule has 1 atom stereocenters. The van der Waals surface area contributed by atoms with Crippen LogP contribution in [-0.4, -0.2) is 36.3 Å². The zero-order valence-corrected chi connectivity index (χ0v) is 14.2. The summed E-state index contributed by atoms with van der Waals surface area (Å²) in [6, 6.07) is 10.2. The lowest BCUT2D eigenvalue weighted by Crippen LogP contribution is -2.30. The molecule has 1 fully saturated rings. The average Bonchev–Trinajstić information content (AvgIpc) is 3.22. The molecule has 3 heterocycles. The van der Waals surface area contributed by atoms with Crippen LogP contribution in [0.3, 0.4) is 0 Å². The van der Waals surface area contributed by atoms with Gasteiger partial charge in [-0.05, 0) is 35.6 Å². The smallest absolute Gasteiger partial charge is 0.233 e. The van der Waals surface area contributed by atoms with Crippen LogP contribution >= 0.6 is 23.1 Å². The maximum Gasteiger partial charge on any atom is 0.233 e. The fourth-order valence-electron chi connectivity index (χ4n) is 2.87. The molecule has 1 saturated heterocycles. The van der Waals surface area contributed by atoms with Gasteiger partial charge in [-0.2, -0.15) is 0 Å². The molecule has 1 unspecified atom stereocenters. The van der Waals surface area contributed by atoms with E-state index in [4.69, 9.17) is 9.47 Å². The average molecular weight is 347 g/mol. The van der Waals surface area contributed by atoms with Crippen molar-refractivity contribution in [1.82, 2.24) is 4.90 Å². The molecular weight excluding hydrogens is 330 g/mol. The Morgan fingerprint density at radius 2 is 2.04 bits per heavy atom. The summed E-state index contributed by atoms with van der Waals surface area (Å²) in [5.74, 6) is 2.33. The van der Waals surface area contributed by atoms with E-state index in [-0.39, 0.29) is 11.3 Å². The van der Waals surface area contributed by atoms with Gasteiger partial charge in [0.05, 0.1) is 5.75 Å². The molecule has 2 aromatic rings. The van der Waals surface area contributed by atoms with E-state index in [0.29, 0.717) is 19.0 Å². The molecular formula is C17H17NO3S2. The van der Waals surface area contributed by atoms with Gasteiger partial charge in [-0.3, -0.25) is 4.79 Å². The first-order chi connectivity index (χ1) is 11.3. The van der Waals surface area contributed by atoms with Gasteiger partial charge in [0.25, 0.3) is 0 Å². The van der Waals surface area contributed by atoms with E-state index in [0.717, 1.165) is 30.0 Å². The van der Waals surface area contributed by atoms with E-state index in [2.05, 4.69) is 17.5 Å². The number of carbonyl (C=O) groups excluding carboxylic acids is 1. The van der Waals surface area contributed by atoms with Crippen molar-refractivity contribution in [1.29, 1.82) is 0 Å². The highest BCUT2D eigenvalue weighted by molar-refractivity contribution is 8.00. The van der Waals surface area contributed by atoms with Crippen LogP contribution in [0.2, 0.25) is 0 Å². The van der Waals surface area contributed by atoms with Gasteiger partial charge in [-0.1, -0.05) is 12.1 Å². The molecule has 4 nitrogen and oxygen atoms in total. The SMILES string of the molecule is O=C1CSC(c2ccc3c(c2)OCCO3)N1CCc1cccs1. The minimum absolute atomic E-state index is 0.0679. The fraction of sp³-hybridized carbons (Fsp3) is 0.353. The maximum absolute atomic E-state index is 12.3. The summed E-state index contributed by atoms with van der Waals surface area (Å²) in [4.78, 5) is 15.6. The van der Waals surface area contributed by atoms with Crippen molar-refractivity contribution < 1.29 is 14.3 Å². The van der Waals surface area contributed by atoms with Crippen LogP contribution in [0.4, 0.5) is 0 Å². The number of amides is 1. The standard InChI is InChI=1S/C17H17NO3S2/c19-16-11-23-17(18(16)6-5-13-2-1-9-22-13)12-3-4-14-15(10-12)21-8-7-20-14/h1-4,9-10,17H,5-8,11H2. The van der Waals surface area contributed by atoms with Gasteiger partial charge in [0, 0.05) is 11.4 Å². The van der Waals surface area contributed by atoms with Gasteiger partial charge in [0.2, 0.25) is 5.91 Å². The topological polar surface area (TPSA) is 38.8 Å². The zero-order valence-electron chi connectivity index (χ0n) is 12.6. The normalized spacial score (nSPS) is 20.1. The molecule has 120 valence electrons. The van der Waals surface area contributed by atoms with E-state index in [1.54, 1.807) is 23.1 Å². The Balaban J connectivity index is 1.53. The van der Waals surface area contributed by atoms with Gasteiger partial charge < -0.3 is 14.4 Å². The number of ether oxygens (including phenoxy) is 2. The van der Waals surface area contributed by atoms with Crippen molar-refractivity contribution in [2.45, 2.75) is 11.8 Å². The first-order valence-electron chi connectivity index (χ1n) is 7.64. The number of thioether (sulfide) groups is 1. The Bertz CT molecular complexity index is 702. The summed E-state index contributed by atoms with van der Waals surface area (Å²) < 4.78 is 11.2. The predicted molar refractivity (Wildman–Crippen MR) is 92.4 cm³/mol. The number of nitrogens with zero attached hydrogens (tertiary/aromatic N) is 1. The van der Waals surface area contributed by atoms with Crippen LogP contribution in [-0.2, 0) is 11.2 Å². The largest absolute Gasteiger partial charge is 0.486 e. The number of carbonyl (C=O) groups is 1. The van der Waals surface area contributed by atoms with E-state index in [1.165, 1.54) is 4.88 Å². The van der Waals surface area contributed by atoms with Crippen molar-refractivity contribution >= 4 is 29.0 Å². The molecule has 0 N–H and O–H groups in total. The fourth-order valence-corrected chi connectivity index (χ4v) is 4.78. The number of benzene rings is 1.